The first-order valence-electron chi connectivity index (χ1n) is 6.48. The van der Waals surface area contributed by atoms with Gasteiger partial charge in [-0.1, -0.05) is 29.3 Å². The molecule has 0 saturated carbocycles. The third-order valence-corrected chi connectivity index (χ3v) is 4.40. The van der Waals surface area contributed by atoms with E-state index in [4.69, 9.17) is 23.2 Å². The fourth-order valence-corrected chi connectivity index (χ4v) is 3.27. The number of hydrogen-bond donors (Lipinski definition) is 3. The number of rotatable bonds is 1. The number of halogens is 2. The van der Waals surface area contributed by atoms with Crippen molar-refractivity contribution in [1.29, 1.82) is 0 Å². The molecule has 2 saturated heterocycles. The van der Waals surface area contributed by atoms with Crippen LogP contribution in [-0.4, -0.2) is 36.1 Å². The number of carbonyl (C=O) groups excluding carboxylic acids is 3. The lowest BCUT2D eigenvalue weighted by Gasteiger charge is -2.45. The number of urea groups is 2. The Morgan fingerprint density at radius 1 is 1.14 bits per heavy atom. The van der Waals surface area contributed by atoms with E-state index in [2.05, 4.69) is 16.0 Å². The molecule has 3 atom stereocenters. The van der Waals surface area contributed by atoms with Crippen molar-refractivity contribution in [2.24, 2.45) is 5.92 Å². The minimum Gasteiger partial charge on any atom is -0.330 e. The van der Waals surface area contributed by atoms with Gasteiger partial charge in [0.05, 0.1) is 6.04 Å². The molecule has 1 aromatic carbocycles. The summed E-state index contributed by atoms with van der Waals surface area (Å²) in [7, 11) is 1.51. The van der Waals surface area contributed by atoms with Crippen LogP contribution in [0.1, 0.15) is 11.6 Å². The second-order valence-electron chi connectivity index (χ2n) is 5.14. The quantitative estimate of drug-likeness (QED) is 0.721. The molecule has 0 aromatic heterocycles. The van der Waals surface area contributed by atoms with Gasteiger partial charge in [-0.25, -0.2) is 9.59 Å². The molecule has 2 aliphatic rings. The van der Waals surface area contributed by atoms with Gasteiger partial charge in [0.2, 0.25) is 5.91 Å². The fourth-order valence-electron chi connectivity index (χ4n) is 2.74. The van der Waals surface area contributed by atoms with Crippen LogP contribution in [0.5, 0.6) is 0 Å². The maximum Gasteiger partial charge on any atom is 0.325 e. The van der Waals surface area contributed by atoms with Gasteiger partial charge in [0, 0.05) is 17.1 Å². The van der Waals surface area contributed by atoms with Gasteiger partial charge in [-0.3, -0.25) is 10.1 Å². The van der Waals surface area contributed by atoms with Gasteiger partial charge >= 0.3 is 12.1 Å². The number of fused-ring (bicyclic) bond motifs is 1. The van der Waals surface area contributed by atoms with Crippen LogP contribution in [0, 0.1) is 5.92 Å². The number of imide groups is 1. The summed E-state index contributed by atoms with van der Waals surface area (Å²) in [6, 6.07) is 3.11. The van der Waals surface area contributed by atoms with Gasteiger partial charge < -0.3 is 15.5 Å². The van der Waals surface area contributed by atoms with Crippen molar-refractivity contribution in [1.82, 2.24) is 20.9 Å². The van der Waals surface area contributed by atoms with Crippen LogP contribution in [-0.2, 0) is 4.79 Å². The molecule has 2 heterocycles. The number of hydrogen-bond acceptors (Lipinski definition) is 3. The molecule has 0 aliphatic carbocycles. The summed E-state index contributed by atoms with van der Waals surface area (Å²) < 4.78 is 0. The van der Waals surface area contributed by atoms with Crippen molar-refractivity contribution in [2.75, 3.05) is 7.05 Å². The van der Waals surface area contributed by atoms with Crippen LogP contribution < -0.4 is 16.0 Å². The summed E-state index contributed by atoms with van der Waals surface area (Å²) in [5, 5.41) is 8.32. The minimum absolute atomic E-state index is 0.339. The second kappa shape index (κ2) is 5.33. The number of carbonyl (C=O) groups is 3. The second-order valence-corrected chi connectivity index (χ2v) is 5.98. The Morgan fingerprint density at radius 3 is 2.55 bits per heavy atom. The fraction of sp³-hybridized carbons (Fsp3) is 0.308. The average molecular weight is 343 g/mol. The van der Waals surface area contributed by atoms with Crippen molar-refractivity contribution in [2.45, 2.75) is 12.2 Å². The Balaban J connectivity index is 2.04. The predicted molar refractivity (Wildman–Crippen MR) is 79.5 cm³/mol. The van der Waals surface area contributed by atoms with Crippen LogP contribution in [0.4, 0.5) is 9.59 Å². The maximum absolute atomic E-state index is 12.2. The molecular formula is C13H12Cl2N4O3. The summed E-state index contributed by atoms with van der Waals surface area (Å²) in [5.74, 6) is -1.18. The lowest BCUT2D eigenvalue weighted by molar-refractivity contribution is -0.130. The summed E-state index contributed by atoms with van der Waals surface area (Å²) >= 11 is 12.1. The molecule has 0 spiro atoms. The lowest BCUT2D eigenvalue weighted by Crippen LogP contribution is -2.71. The van der Waals surface area contributed by atoms with E-state index in [0.717, 1.165) is 0 Å². The molecule has 3 unspecified atom stereocenters. The SMILES string of the molecule is CN1C(=O)NC(=O)C2C(c3ccc(Cl)cc3Cl)NC(=O)NC21. The third kappa shape index (κ3) is 2.36. The van der Waals surface area contributed by atoms with Gasteiger partial charge in [-0.15, -0.1) is 0 Å². The van der Waals surface area contributed by atoms with E-state index >= 15 is 0 Å². The molecule has 2 fully saturated rings. The molecular weight excluding hydrogens is 331 g/mol. The molecule has 0 bridgehead atoms. The highest BCUT2D eigenvalue weighted by Gasteiger charge is 2.49. The topological polar surface area (TPSA) is 90.5 Å². The molecule has 7 nitrogen and oxygen atoms in total. The van der Waals surface area contributed by atoms with Crippen LogP contribution in [0.25, 0.3) is 0 Å². The highest BCUT2D eigenvalue weighted by molar-refractivity contribution is 6.35. The van der Waals surface area contributed by atoms with Crippen molar-refractivity contribution >= 4 is 41.2 Å². The van der Waals surface area contributed by atoms with Crippen LogP contribution in [0.3, 0.4) is 0 Å². The molecule has 9 heteroatoms. The molecule has 22 heavy (non-hydrogen) atoms. The highest BCUT2D eigenvalue weighted by atomic mass is 35.5. The molecule has 116 valence electrons. The Bertz CT molecular complexity index is 681. The monoisotopic (exact) mass is 342 g/mol. The number of nitrogens with zero attached hydrogens (tertiary/aromatic N) is 1. The summed E-state index contributed by atoms with van der Waals surface area (Å²) in [6.07, 6.45) is -0.744. The first-order valence-corrected chi connectivity index (χ1v) is 7.23. The Kier molecular flexibility index (Phi) is 3.62. The maximum atomic E-state index is 12.2. The van der Waals surface area contributed by atoms with E-state index in [1.807, 2.05) is 0 Å². The summed E-state index contributed by atoms with van der Waals surface area (Å²) in [5.41, 5.74) is 0.564. The molecule has 5 amide bonds. The smallest absolute Gasteiger partial charge is 0.325 e. The van der Waals surface area contributed by atoms with Gasteiger partial charge in [-0.05, 0) is 17.7 Å². The van der Waals surface area contributed by atoms with Gasteiger partial charge in [0.1, 0.15) is 12.1 Å². The number of amides is 5. The Labute approximate surface area is 135 Å². The van der Waals surface area contributed by atoms with E-state index in [0.29, 0.717) is 15.6 Å². The number of nitrogens with one attached hydrogen (secondary N) is 3. The number of benzene rings is 1. The van der Waals surface area contributed by atoms with Crippen molar-refractivity contribution in [3.63, 3.8) is 0 Å². The van der Waals surface area contributed by atoms with E-state index in [1.54, 1.807) is 12.1 Å². The third-order valence-electron chi connectivity index (χ3n) is 3.83. The van der Waals surface area contributed by atoms with E-state index < -0.39 is 36.1 Å². The van der Waals surface area contributed by atoms with Gasteiger partial charge in [0.25, 0.3) is 0 Å². The molecule has 3 N–H and O–H groups in total. The zero-order chi connectivity index (χ0) is 16.0. The van der Waals surface area contributed by atoms with Gasteiger partial charge in [-0.2, -0.15) is 0 Å². The largest absolute Gasteiger partial charge is 0.330 e. The van der Waals surface area contributed by atoms with Crippen molar-refractivity contribution < 1.29 is 14.4 Å². The average Bonchev–Trinajstić information content (AvgIpc) is 2.44. The molecule has 3 rings (SSSR count). The van der Waals surface area contributed by atoms with Crippen molar-refractivity contribution in [3.8, 4) is 0 Å². The van der Waals surface area contributed by atoms with E-state index in [-0.39, 0.29) is 0 Å². The van der Waals surface area contributed by atoms with Crippen LogP contribution >= 0.6 is 23.2 Å². The Morgan fingerprint density at radius 2 is 1.86 bits per heavy atom. The standard InChI is InChI=1S/C13H12Cl2N4O3/c1-19-10-8(11(20)18-13(19)22)9(16-12(21)17-10)6-3-2-5(14)4-7(6)15/h2-4,8-10H,1H3,(H2,16,17,21)(H,18,20,22). The summed E-state index contributed by atoms with van der Waals surface area (Å²) in [4.78, 5) is 37.1. The zero-order valence-electron chi connectivity index (χ0n) is 11.4. The van der Waals surface area contributed by atoms with Crippen molar-refractivity contribution in [3.05, 3.63) is 33.8 Å². The molecule has 1 aromatic rings. The van der Waals surface area contributed by atoms with E-state index in [9.17, 15) is 14.4 Å². The van der Waals surface area contributed by atoms with Gasteiger partial charge in [0.15, 0.2) is 0 Å². The highest BCUT2D eigenvalue weighted by Crippen LogP contribution is 2.35. The minimum atomic E-state index is -0.744. The first-order chi connectivity index (χ1) is 10.4. The van der Waals surface area contributed by atoms with Crippen LogP contribution in [0.15, 0.2) is 18.2 Å². The molecule has 0 radical (unpaired) electrons. The zero-order valence-corrected chi connectivity index (χ0v) is 12.9. The van der Waals surface area contributed by atoms with Crippen LogP contribution in [0.2, 0.25) is 10.0 Å². The predicted octanol–water partition coefficient (Wildman–Crippen LogP) is 1.47. The van der Waals surface area contributed by atoms with E-state index in [1.165, 1.54) is 18.0 Å². The summed E-state index contributed by atoms with van der Waals surface area (Å²) in [6.45, 7) is 0. The molecule has 2 aliphatic heterocycles. The Hall–Kier alpha value is -1.99. The lowest BCUT2D eigenvalue weighted by atomic mass is 9.86. The normalized spacial score (nSPS) is 27.7. The first kappa shape index (κ1) is 14.9.